The molecule has 7 heteroatoms. The van der Waals surface area contributed by atoms with Crippen molar-refractivity contribution in [1.82, 2.24) is 4.90 Å². The van der Waals surface area contributed by atoms with Gasteiger partial charge in [-0.3, -0.25) is 4.79 Å². The third-order valence-electron chi connectivity index (χ3n) is 3.63. The zero-order valence-corrected chi connectivity index (χ0v) is 13.2. The van der Waals surface area contributed by atoms with E-state index in [1.54, 1.807) is 7.05 Å². The molecule has 0 aliphatic carbocycles. The minimum Gasteiger partial charge on any atom is -0.396 e. The number of likely N-dealkylation sites (N-methyl/N-ethyl adjacent to an activating group) is 1. The Balaban J connectivity index is 2.12. The predicted octanol–water partition coefficient (Wildman–Crippen LogP) is 2.19. The number of nitrogen functional groups attached to an aromatic ring is 1. The first kappa shape index (κ1) is 16.4. The quantitative estimate of drug-likeness (QED) is 0.832. The van der Waals surface area contributed by atoms with Crippen molar-refractivity contribution in [1.29, 1.82) is 0 Å². The summed E-state index contributed by atoms with van der Waals surface area (Å²) in [4.78, 5) is 13.9. The van der Waals surface area contributed by atoms with Crippen LogP contribution in [-0.4, -0.2) is 48.3 Å². The van der Waals surface area contributed by atoms with Crippen LogP contribution in [0.2, 0.25) is 10.0 Å². The van der Waals surface area contributed by atoms with Gasteiger partial charge in [-0.05, 0) is 12.1 Å². The van der Waals surface area contributed by atoms with Gasteiger partial charge in [0.1, 0.15) is 0 Å². The van der Waals surface area contributed by atoms with E-state index in [1.165, 1.54) is 17.0 Å². The molecule has 0 saturated carbocycles. The van der Waals surface area contributed by atoms with Crippen LogP contribution in [0.3, 0.4) is 0 Å². The number of aliphatic hydroxyl groups is 1. The Kier molecular flexibility index (Phi) is 4.99. The molecular formula is C14H18Cl2N2O3. The van der Waals surface area contributed by atoms with Gasteiger partial charge in [0.25, 0.3) is 5.91 Å². The van der Waals surface area contributed by atoms with E-state index >= 15 is 0 Å². The van der Waals surface area contributed by atoms with Crippen LogP contribution in [0.15, 0.2) is 12.1 Å². The number of carbonyl (C=O) groups excluding carboxylic acids is 1. The highest BCUT2D eigenvalue weighted by atomic mass is 35.5. The van der Waals surface area contributed by atoms with Crippen LogP contribution in [0.4, 0.5) is 5.69 Å². The van der Waals surface area contributed by atoms with Gasteiger partial charge >= 0.3 is 0 Å². The Hall–Kier alpha value is -1.01. The number of ether oxygens (including phenoxy) is 1. The van der Waals surface area contributed by atoms with E-state index in [1.807, 2.05) is 0 Å². The summed E-state index contributed by atoms with van der Waals surface area (Å²) in [5, 5.41) is 10.9. The van der Waals surface area contributed by atoms with E-state index in [2.05, 4.69) is 0 Å². The summed E-state index contributed by atoms with van der Waals surface area (Å²) in [5.41, 5.74) is 5.34. The molecule has 116 valence electrons. The number of rotatable bonds is 3. The van der Waals surface area contributed by atoms with E-state index < -0.39 is 5.60 Å². The van der Waals surface area contributed by atoms with Crippen LogP contribution in [0.5, 0.6) is 0 Å². The molecule has 1 amide bonds. The molecule has 2 rings (SSSR count). The first-order valence-electron chi connectivity index (χ1n) is 6.62. The Morgan fingerprint density at radius 1 is 1.38 bits per heavy atom. The van der Waals surface area contributed by atoms with Gasteiger partial charge in [0.2, 0.25) is 0 Å². The smallest absolute Gasteiger partial charge is 0.253 e. The molecule has 1 aromatic rings. The fraction of sp³-hybridized carbons (Fsp3) is 0.500. The van der Waals surface area contributed by atoms with Crippen molar-refractivity contribution < 1.29 is 14.6 Å². The largest absolute Gasteiger partial charge is 0.396 e. The summed E-state index contributed by atoms with van der Waals surface area (Å²) < 4.78 is 5.22. The van der Waals surface area contributed by atoms with Gasteiger partial charge < -0.3 is 20.5 Å². The maximum absolute atomic E-state index is 12.4. The number of nitrogens with two attached hydrogens (primary N) is 1. The number of hydrogen-bond acceptors (Lipinski definition) is 4. The van der Waals surface area contributed by atoms with Crippen LogP contribution in [0.25, 0.3) is 0 Å². The average Bonchev–Trinajstić information content (AvgIpc) is 2.43. The molecule has 0 atom stereocenters. The van der Waals surface area contributed by atoms with Gasteiger partial charge in [0.05, 0.1) is 21.3 Å². The lowest BCUT2D eigenvalue weighted by molar-refractivity contribution is -0.0734. The van der Waals surface area contributed by atoms with E-state index in [9.17, 15) is 9.90 Å². The molecule has 0 radical (unpaired) electrons. The summed E-state index contributed by atoms with van der Waals surface area (Å²) in [6.45, 7) is 1.23. The maximum atomic E-state index is 12.4. The number of benzene rings is 1. The fourth-order valence-electron chi connectivity index (χ4n) is 2.35. The molecule has 1 fully saturated rings. The lowest BCUT2D eigenvalue weighted by Gasteiger charge is -2.35. The molecule has 1 aliphatic rings. The molecule has 0 bridgehead atoms. The van der Waals surface area contributed by atoms with Crippen molar-refractivity contribution in [3.05, 3.63) is 27.7 Å². The molecule has 0 aromatic heterocycles. The first-order chi connectivity index (χ1) is 9.82. The summed E-state index contributed by atoms with van der Waals surface area (Å²) in [6, 6.07) is 2.96. The molecule has 21 heavy (non-hydrogen) atoms. The summed E-state index contributed by atoms with van der Waals surface area (Å²) in [7, 11) is 1.63. The zero-order chi connectivity index (χ0) is 15.6. The molecular weight excluding hydrogens is 315 g/mol. The van der Waals surface area contributed by atoms with Gasteiger partial charge in [0.15, 0.2) is 0 Å². The zero-order valence-electron chi connectivity index (χ0n) is 11.7. The van der Waals surface area contributed by atoms with Crippen LogP contribution in [-0.2, 0) is 4.74 Å². The van der Waals surface area contributed by atoms with E-state index in [0.29, 0.717) is 31.6 Å². The maximum Gasteiger partial charge on any atom is 0.253 e. The van der Waals surface area contributed by atoms with Gasteiger partial charge in [0, 0.05) is 45.2 Å². The first-order valence-corrected chi connectivity index (χ1v) is 7.38. The summed E-state index contributed by atoms with van der Waals surface area (Å²) >= 11 is 11.9. The number of halogens is 2. The molecule has 0 spiro atoms. The van der Waals surface area contributed by atoms with Crippen molar-refractivity contribution in [3.8, 4) is 0 Å². The summed E-state index contributed by atoms with van der Waals surface area (Å²) in [6.07, 6.45) is 1.02. The average molecular weight is 333 g/mol. The number of carbonyl (C=O) groups is 1. The standard InChI is InChI=1S/C14H18Cl2N2O3/c1-18(8-14(20)2-4-21-5-3-14)13(19)9-6-10(15)12(17)11(16)7-9/h6-7,20H,2-5,8,17H2,1H3. The lowest BCUT2D eigenvalue weighted by atomic mass is 9.93. The molecule has 1 heterocycles. The summed E-state index contributed by atoms with van der Waals surface area (Å²) in [5.74, 6) is -0.265. The van der Waals surface area contributed by atoms with E-state index in [0.717, 1.165) is 0 Å². The minimum absolute atomic E-state index is 0.231. The van der Waals surface area contributed by atoms with Crippen molar-refractivity contribution >= 4 is 34.8 Å². The molecule has 1 aliphatic heterocycles. The van der Waals surface area contributed by atoms with Crippen molar-refractivity contribution in [3.63, 3.8) is 0 Å². The molecule has 3 N–H and O–H groups in total. The van der Waals surface area contributed by atoms with Gasteiger partial charge in [-0.2, -0.15) is 0 Å². The third kappa shape index (κ3) is 3.80. The van der Waals surface area contributed by atoms with Crippen molar-refractivity contribution in [2.24, 2.45) is 0 Å². The Bertz CT molecular complexity index is 522. The van der Waals surface area contributed by atoms with Crippen LogP contribution in [0, 0.1) is 0 Å². The highest BCUT2D eigenvalue weighted by Crippen LogP contribution is 2.29. The lowest BCUT2D eigenvalue weighted by Crippen LogP contribution is -2.47. The van der Waals surface area contributed by atoms with Crippen molar-refractivity contribution in [2.75, 3.05) is 32.5 Å². The van der Waals surface area contributed by atoms with Crippen LogP contribution < -0.4 is 5.73 Å². The number of nitrogens with zero attached hydrogens (tertiary/aromatic N) is 1. The number of anilines is 1. The molecule has 1 aromatic carbocycles. The second kappa shape index (κ2) is 6.40. The Labute approximate surface area is 133 Å². The number of hydrogen-bond donors (Lipinski definition) is 2. The number of amides is 1. The SMILES string of the molecule is CN(CC1(O)CCOCC1)C(=O)c1cc(Cl)c(N)c(Cl)c1. The highest BCUT2D eigenvalue weighted by molar-refractivity contribution is 6.39. The Morgan fingerprint density at radius 3 is 2.43 bits per heavy atom. The third-order valence-corrected chi connectivity index (χ3v) is 4.25. The van der Waals surface area contributed by atoms with Gasteiger partial charge in [-0.25, -0.2) is 0 Å². The van der Waals surface area contributed by atoms with Crippen molar-refractivity contribution in [2.45, 2.75) is 18.4 Å². The topological polar surface area (TPSA) is 75.8 Å². The van der Waals surface area contributed by atoms with Crippen LogP contribution >= 0.6 is 23.2 Å². The van der Waals surface area contributed by atoms with Gasteiger partial charge in [-0.15, -0.1) is 0 Å². The fourth-order valence-corrected chi connectivity index (χ4v) is 2.84. The normalized spacial score (nSPS) is 17.5. The monoisotopic (exact) mass is 332 g/mol. The molecule has 0 unspecified atom stereocenters. The van der Waals surface area contributed by atoms with E-state index in [4.69, 9.17) is 33.7 Å². The molecule has 5 nitrogen and oxygen atoms in total. The highest BCUT2D eigenvalue weighted by Gasteiger charge is 2.32. The Morgan fingerprint density at radius 2 is 1.90 bits per heavy atom. The minimum atomic E-state index is -0.913. The second-order valence-electron chi connectivity index (χ2n) is 5.35. The van der Waals surface area contributed by atoms with Gasteiger partial charge in [-0.1, -0.05) is 23.2 Å². The molecule has 1 saturated heterocycles. The van der Waals surface area contributed by atoms with E-state index in [-0.39, 0.29) is 28.2 Å². The predicted molar refractivity (Wildman–Crippen MR) is 82.8 cm³/mol. The van der Waals surface area contributed by atoms with Crippen LogP contribution in [0.1, 0.15) is 23.2 Å². The second-order valence-corrected chi connectivity index (χ2v) is 6.17.